The summed E-state index contributed by atoms with van der Waals surface area (Å²) in [6.07, 6.45) is 6.20. The highest BCUT2D eigenvalue weighted by Gasteiger charge is 2.60. The van der Waals surface area contributed by atoms with E-state index in [2.05, 4.69) is 5.32 Å². The van der Waals surface area contributed by atoms with Crippen molar-refractivity contribution < 1.29 is 24.2 Å². The Labute approximate surface area is 151 Å². The fraction of sp³-hybridized carbons (Fsp3) is 0.632. The number of esters is 1. The largest absolute Gasteiger partial charge is 0.455 e. The molecule has 1 aromatic heterocycles. The van der Waals surface area contributed by atoms with Crippen LogP contribution in [-0.2, 0) is 21.4 Å². The number of rotatable bonds is 4. The molecule has 2 atom stereocenters. The minimum Gasteiger partial charge on any atom is -0.455 e. The van der Waals surface area contributed by atoms with E-state index in [9.17, 15) is 19.5 Å². The number of nitrogens with one attached hydrogen (secondary N) is 1. The van der Waals surface area contributed by atoms with Crippen molar-refractivity contribution in [3.05, 3.63) is 24.0 Å². The summed E-state index contributed by atoms with van der Waals surface area (Å²) in [5.74, 6) is -0.856. The molecule has 0 aromatic carbocycles. The van der Waals surface area contributed by atoms with Gasteiger partial charge in [0.1, 0.15) is 5.69 Å². The topological polar surface area (TPSA) is 97.6 Å². The standard InChI is InChI=1S/C19H24N2O5/c1-21-4-2-3-14(21)16(23)20-15(22)10-26-17(24)18-6-12-5-13(7-18)9-19(25,8-12)11-18/h2-4,12-13,25H,5-11H2,1H3,(H,20,22,23)/t12-,13-,18?,19?/m1/s1. The van der Waals surface area contributed by atoms with Crippen LogP contribution in [0.3, 0.4) is 0 Å². The molecule has 1 aromatic rings. The van der Waals surface area contributed by atoms with Crippen LogP contribution in [0.15, 0.2) is 18.3 Å². The molecule has 0 saturated heterocycles. The smallest absolute Gasteiger partial charge is 0.312 e. The number of imide groups is 1. The zero-order chi connectivity index (χ0) is 18.5. The zero-order valence-corrected chi connectivity index (χ0v) is 14.9. The van der Waals surface area contributed by atoms with E-state index in [-0.39, 0.29) is 0 Å². The lowest BCUT2D eigenvalue weighted by molar-refractivity contribution is -0.196. The summed E-state index contributed by atoms with van der Waals surface area (Å²) in [4.78, 5) is 36.7. The van der Waals surface area contributed by atoms with E-state index in [1.807, 2.05) is 0 Å². The SMILES string of the molecule is Cn1cccc1C(=O)NC(=O)COC(=O)C12C[C@H]3C[C@@H](CC(O)(C3)C1)C2. The fourth-order valence-corrected chi connectivity index (χ4v) is 5.66. The Morgan fingerprint density at radius 1 is 1.27 bits per heavy atom. The molecule has 4 bridgehead atoms. The van der Waals surface area contributed by atoms with Crippen molar-refractivity contribution in [3.8, 4) is 0 Å². The average Bonchev–Trinajstić information content (AvgIpc) is 2.96. The van der Waals surface area contributed by atoms with Gasteiger partial charge < -0.3 is 14.4 Å². The normalized spacial score (nSPS) is 34.5. The third kappa shape index (κ3) is 2.94. The lowest BCUT2D eigenvalue weighted by atomic mass is 9.48. The molecule has 0 aliphatic heterocycles. The van der Waals surface area contributed by atoms with Crippen molar-refractivity contribution in [1.82, 2.24) is 9.88 Å². The van der Waals surface area contributed by atoms with Crippen LogP contribution in [0.5, 0.6) is 0 Å². The van der Waals surface area contributed by atoms with E-state index in [1.54, 1.807) is 29.9 Å². The summed E-state index contributed by atoms with van der Waals surface area (Å²) < 4.78 is 6.86. The number of ether oxygens (including phenoxy) is 1. The summed E-state index contributed by atoms with van der Waals surface area (Å²) in [6, 6.07) is 3.31. The summed E-state index contributed by atoms with van der Waals surface area (Å²) in [5.41, 5.74) is -1.07. The molecule has 7 heteroatoms. The number of carbonyl (C=O) groups is 3. The van der Waals surface area contributed by atoms with Crippen molar-refractivity contribution in [2.45, 2.75) is 44.1 Å². The molecule has 2 amide bonds. The molecule has 7 nitrogen and oxygen atoms in total. The van der Waals surface area contributed by atoms with Crippen LogP contribution >= 0.6 is 0 Å². The number of carbonyl (C=O) groups excluding carboxylic acids is 3. The number of hydrogen-bond acceptors (Lipinski definition) is 5. The summed E-state index contributed by atoms with van der Waals surface area (Å²) in [7, 11) is 1.71. The van der Waals surface area contributed by atoms with Gasteiger partial charge in [-0.05, 0) is 62.5 Å². The van der Waals surface area contributed by atoms with Crippen molar-refractivity contribution in [3.63, 3.8) is 0 Å². The van der Waals surface area contributed by atoms with Gasteiger partial charge in [0, 0.05) is 13.2 Å². The molecule has 4 aliphatic rings. The molecule has 4 aliphatic carbocycles. The zero-order valence-electron chi connectivity index (χ0n) is 14.9. The molecule has 2 N–H and O–H groups in total. The first kappa shape index (κ1) is 17.3. The van der Waals surface area contributed by atoms with Gasteiger partial charge in [0.25, 0.3) is 11.8 Å². The average molecular weight is 360 g/mol. The summed E-state index contributed by atoms with van der Waals surface area (Å²) >= 11 is 0. The highest BCUT2D eigenvalue weighted by atomic mass is 16.5. The lowest BCUT2D eigenvalue weighted by Crippen LogP contribution is -2.58. The molecule has 1 heterocycles. The maximum absolute atomic E-state index is 12.7. The second kappa shape index (κ2) is 5.94. The van der Waals surface area contributed by atoms with Crippen LogP contribution < -0.4 is 5.32 Å². The predicted molar refractivity (Wildman–Crippen MR) is 90.9 cm³/mol. The molecule has 26 heavy (non-hydrogen) atoms. The molecule has 0 unspecified atom stereocenters. The Hall–Kier alpha value is -2.15. The van der Waals surface area contributed by atoms with Crippen LogP contribution in [-0.4, -0.2) is 39.7 Å². The number of aryl methyl sites for hydroxylation is 1. The van der Waals surface area contributed by atoms with E-state index >= 15 is 0 Å². The molecule has 0 radical (unpaired) electrons. The second-order valence-corrected chi connectivity index (χ2v) is 8.42. The van der Waals surface area contributed by atoms with Crippen LogP contribution in [0.1, 0.15) is 49.0 Å². The maximum atomic E-state index is 12.7. The van der Waals surface area contributed by atoms with E-state index in [0.717, 1.165) is 32.1 Å². The Morgan fingerprint density at radius 3 is 2.54 bits per heavy atom. The Kier molecular flexibility index (Phi) is 3.95. The van der Waals surface area contributed by atoms with E-state index in [4.69, 9.17) is 4.74 Å². The third-order valence-electron chi connectivity index (χ3n) is 6.23. The Morgan fingerprint density at radius 2 is 1.96 bits per heavy atom. The number of amides is 2. The first-order valence-electron chi connectivity index (χ1n) is 9.14. The molecule has 140 valence electrons. The van der Waals surface area contributed by atoms with Gasteiger partial charge in [-0.2, -0.15) is 0 Å². The quantitative estimate of drug-likeness (QED) is 0.785. The van der Waals surface area contributed by atoms with Gasteiger partial charge in [-0.25, -0.2) is 0 Å². The second-order valence-electron chi connectivity index (χ2n) is 8.42. The van der Waals surface area contributed by atoms with E-state index in [1.165, 1.54) is 0 Å². The lowest BCUT2D eigenvalue weighted by Gasteiger charge is -2.58. The molecule has 0 spiro atoms. The molecule has 4 fully saturated rings. The summed E-state index contributed by atoms with van der Waals surface area (Å²) in [5, 5.41) is 12.9. The Balaban J connectivity index is 1.35. The van der Waals surface area contributed by atoms with Gasteiger partial charge in [-0.3, -0.25) is 19.7 Å². The number of aromatic nitrogens is 1. The van der Waals surface area contributed by atoms with E-state index < -0.39 is 35.4 Å². The summed E-state index contributed by atoms with van der Waals surface area (Å²) in [6.45, 7) is -0.482. The van der Waals surface area contributed by atoms with Gasteiger partial charge in [-0.15, -0.1) is 0 Å². The van der Waals surface area contributed by atoms with Gasteiger partial charge >= 0.3 is 5.97 Å². The predicted octanol–water partition coefficient (Wildman–Crippen LogP) is 1.16. The molecule has 4 saturated carbocycles. The van der Waals surface area contributed by atoms with E-state index in [0.29, 0.717) is 24.0 Å². The number of hydrogen-bond donors (Lipinski definition) is 2. The highest BCUT2D eigenvalue weighted by Crippen LogP contribution is 2.61. The highest BCUT2D eigenvalue weighted by molar-refractivity contribution is 6.04. The van der Waals surface area contributed by atoms with Crippen LogP contribution in [0.4, 0.5) is 0 Å². The molecule has 5 rings (SSSR count). The number of nitrogens with zero attached hydrogens (tertiary/aromatic N) is 1. The fourth-order valence-electron chi connectivity index (χ4n) is 5.66. The van der Waals surface area contributed by atoms with Crippen LogP contribution in [0.25, 0.3) is 0 Å². The van der Waals surface area contributed by atoms with Crippen molar-refractivity contribution in [2.24, 2.45) is 24.3 Å². The molecular formula is C19H24N2O5. The Bertz CT molecular complexity index is 754. The first-order valence-corrected chi connectivity index (χ1v) is 9.14. The first-order chi connectivity index (χ1) is 12.3. The van der Waals surface area contributed by atoms with Crippen molar-refractivity contribution in [1.29, 1.82) is 0 Å². The van der Waals surface area contributed by atoms with Gasteiger partial charge in [0.05, 0.1) is 11.0 Å². The maximum Gasteiger partial charge on any atom is 0.312 e. The molecular weight excluding hydrogens is 336 g/mol. The van der Waals surface area contributed by atoms with Crippen LogP contribution in [0, 0.1) is 17.3 Å². The minimum atomic E-state index is -0.756. The van der Waals surface area contributed by atoms with Crippen molar-refractivity contribution >= 4 is 17.8 Å². The van der Waals surface area contributed by atoms with Gasteiger partial charge in [0.15, 0.2) is 6.61 Å². The van der Waals surface area contributed by atoms with Crippen LogP contribution in [0.2, 0.25) is 0 Å². The van der Waals surface area contributed by atoms with Gasteiger partial charge in [0.2, 0.25) is 0 Å². The number of aliphatic hydroxyl groups is 1. The third-order valence-corrected chi connectivity index (χ3v) is 6.23. The van der Waals surface area contributed by atoms with Gasteiger partial charge in [-0.1, -0.05) is 0 Å². The minimum absolute atomic E-state index is 0.355. The van der Waals surface area contributed by atoms with Crippen molar-refractivity contribution in [2.75, 3.05) is 6.61 Å². The monoisotopic (exact) mass is 360 g/mol.